The molecule has 0 fully saturated rings. The summed E-state index contributed by atoms with van der Waals surface area (Å²) in [5.74, 6) is 0. The summed E-state index contributed by atoms with van der Waals surface area (Å²) in [4.78, 5) is 0. The van der Waals surface area contributed by atoms with Gasteiger partial charge in [-0.1, -0.05) is 42.5 Å². The van der Waals surface area contributed by atoms with Crippen molar-refractivity contribution in [3.05, 3.63) is 48.0 Å². The Kier molecular flexibility index (Phi) is 2.66. The highest BCUT2D eigenvalue weighted by Crippen LogP contribution is 2.26. The first kappa shape index (κ1) is 10.7. The van der Waals surface area contributed by atoms with Gasteiger partial charge in [-0.25, -0.2) is 0 Å². The average molecular weight is 209 g/mol. The van der Waals surface area contributed by atoms with Gasteiger partial charge in [-0.05, 0) is 36.6 Å². The molecule has 0 aliphatic heterocycles. The Balaban J connectivity index is 2.50. The van der Waals surface area contributed by atoms with Crippen molar-refractivity contribution in [2.24, 2.45) is 5.41 Å². The summed E-state index contributed by atoms with van der Waals surface area (Å²) in [6, 6.07) is 17.0. The van der Waals surface area contributed by atoms with E-state index in [0.717, 1.165) is 6.42 Å². The van der Waals surface area contributed by atoms with E-state index < -0.39 is 0 Å². The lowest BCUT2D eigenvalue weighted by Crippen LogP contribution is -2.11. The molecule has 0 N–H and O–H groups in total. The van der Waals surface area contributed by atoms with Gasteiger partial charge in [0.2, 0.25) is 0 Å². The van der Waals surface area contributed by atoms with Gasteiger partial charge >= 0.3 is 0 Å². The Hall–Kier alpha value is -1.81. The Morgan fingerprint density at radius 3 is 2.50 bits per heavy atom. The van der Waals surface area contributed by atoms with E-state index in [1.807, 2.05) is 26.0 Å². The first-order chi connectivity index (χ1) is 7.62. The molecule has 2 rings (SSSR count). The SMILES string of the molecule is CC(C)(C#N)Cc1cccc2ccccc12. The highest BCUT2D eigenvalue weighted by atomic mass is 14.3. The van der Waals surface area contributed by atoms with Crippen LogP contribution in [-0.2, 0) is 6.42 Å². The molecule has 0 saturated heterocycles. The van der Waals surface area contributed by atoms with Crippen molar-refractivity contribution < 1.29 is 0 Å². The monoisotopic (exact) mass is 209 g/mol. The third-order valence-electron chi connectivity index (χ3n) is 2.81. The Morgan fingerprint density at radius 1 is 1.06 bits per heavy atom. The Bertz CT molecular complexity index is 541. The number of hydrogen-bond acceptors (Lipinski definition) is 1. The minimum absolute atomic E-state index is 0.301. The van der Waals surface area contributed by atoms with Crippen molar-refractivity contribution in [2.45, 2.75) is 20.3 Å². The summed E-state index contributed by atoms with van der Waals surface area (Å²) in [6.07, 6.45) is 0.796. The van der Waals surface area contributed by atoms with E-state index in [1.54, 1.807) is 0 Å². The largest absolute Gasteiger partial charge is 0.198 e. The Labute approximate surface area is 96.3 Å². The van der Waals surface area contributed by atoms with Crippen LogP contribution in [0.15, 0.2) is 42.5 Å². The molecule has 0 atom stereocenters. The predicted molar refractivity (Wildman–Crippen MR) is 67.0 cm³/mol. The van der Waals surface area contributed by atoms with Crippen LogP contribution in [0.4, 0.5) is 0 Å². The summed E-state index contributed by atoms with van der Waals surface area (Å²) in [7, 11) is 0. The normalized spacial score (nSPS) is 11.3. The molecule has 1 heteroatoms. The number of nitrogens with zero attached hydrogens (tertiary/aromatic N) is 1. The fraction of sp³-hybridized carbons (Fsp3) is 0.267. The summed E-state index contributed by atoms with van der Waals surface area (Å²) in [5.41, 5.74) is 0.953. The summed E-state index contributed by atoms with van der Waals surface area (Å²) in [5, 5.41) is 11.6. The molecule has 2 aromatic carbocycles. The molecule has 2 aromatic rings. The van der Waals surface area contributed by atoms with Crippen LogP contribution in [0.3, 0.4) is 0 Å². The molecule has 0 bridgehead atoms. The fourth-order valence-corrected chi connectivity index (χ4v) is 1.96. The number of benzene rings is 2. The minimum atomic E-state index is -0.301. The molecule has 0 heterocycles. The molecule has 0 unspecified atom stereocenters. The van der Waals surface area contributed by atoms with Crippen LogP contribution < -0.4 is 0 Å². The molecule has 0 spiro atoms. The van der Waals surface area contributed by atoms with E-state index in [-0.39, 0.29) is 5.41 Å². The molecule has 0 aliphatic carbocycles. The van der Waals surface area contributed by atoms with Gasteiger partial charge in [0.1, 0.15) is 0 Å². The van der Waals surface area contributed by atoms with Gasteiger partial charge in [0.15, 0.2) is 0 Å². The fourth-order valence-electron chi connectivity index (χ4n) is 1.96. The predicted octanol–water partition coefficient (Wildman–Crippen LogP) is 3.93. The van der Waals surface area contributed by atoms with Crippen molar-refractivity contribution >= 4 is 10.8 Å². The minimum Gasteiger partial charge on any atom is -0.198 e. The zero-order valence-corrected chi connectivity index (χ0v) is 9.70. The van der Waals surface area contributed by atoms with Gasteiger partial charge in [0.25, 0.3) is 0 Å². The van der Waals surface area contributed by atoms with Crippen LogP contribution in [0.25, 0.3) is 10.8 Å². The first-order valence-electron chi connectivity index (χ1n) is 5.50. The molecule has 0 radical (unpaired) electrons. The maximum Gasteiger partial charge on any atom is 0.0687 e. The van der Waals surface area contributed by atoms with E-state index in [1.165, 1.54) is 16.3 Å². The topological polar surface area (TPSA) is 23.8 Å². The summed E-state index contributed by atoms with van der Waals surface area (Å²) in [6.45, 7) is 3.96. The molecule has 0 amide bonds. The molecular weight excluding hydrogens is 194 g/mol. The maximum absolute atomic E-state index is 9.08. The highest BCUT2D eigenvalue weighted by Gasteiger charge is 2.18. The van der Waals surface area contributed by atoms with Gasteiger partial charge < -0.3 is 0 Å². The third-order valence-corrected chi connectivity index (χ3v) is 2.81. The van der Waals surface area contributed by atoms with Gasteiger partial charge in [-0.15, -0.1) is 0 Å². The zero-order chi connectivity index (χ0) is 11.6. The van der Waals surface area contributed by atoms with Gasteiger partial charge in [0.05, 0.1) is 11.5 Å². The number of hydrogen-bond donors (Lipinski definition) is 0. The van der Waals surface area contributed by atoms with Crippen LogP contribution in [-0.4, -0.2) is 0 Å². The lowest BCUT2D eigenvalue weighted by Gasteiger charge is -2.16. The van der Waals surface area contributed by atoms with Crippen molar-refractivity contribution in [1.29, 1.82) is 5.26 Å². The summed E-state index contributed by atoms with van der Waals surface area (Å²) < 4.78 is 0. The Morgan fingerprint density at radius 2 is 1.75 bits per heavy atom. The van der Waals surface area contributed by atoms with E-state index >= 15 is 0 Å². The lowest BCUT2D eigenvalue weighted by molar-refractivity contribution is 0.495. The lowest BCUT2D eigenvalue weighted by atomic mass is 9.85. The van der Waals surface area contributed by atoms with Crippen LogP contribution in [0.2, 0.25) is 0 Å². The van der Waals surface area contributed by atoms with Gasteiger partial charge in [-0.2, -0.15) is 5.26 Å². The third kappa shape index (κ3) is 2.06. The van der Waals surface area contributed by atoms with E-state index in [0.29, 0.717) is 0 Å². The van der Waals surface area contributed by atoms with Gasteiger partial charge in [-0.3, -0.25) is 0 Å². The maximum atomic E-state index is 9.08. The van der Waals surface area contributed by atoms with Crippen molar-refractivity contribution in [2.75, 3.05) is 0 Å². The molecule has 0 aliphatic rings. The van der Waals surface area contributed by atoms with Crippen molar-refractivity contribution in [1.82, 2.24) is 0 Å². The average Bonchev–Trinajstić information content (AvgIpc) is 2.29. The second-order valence-corrected chi connectivity index (χ2v) is 4.81. The molecular formula is C15H15N. The first-order valence-corrected chi connectivity index (χ1v) is 5.50. The molecule has 0 aromatic heterocycles. The smallest absolute Gasteiger partial charge is 0.0687 e. The number of fused-ring (bicyclic) bond motifs is 1. The van der Waals surface area contributed by atoms with Crippen LogP contribution in [0.1, 0.15) is 19.4 Å². The molecule has 0 saturated carbocycles. The van der Waals surface area contributed by atoms with Crippen LogP contribution in [0.5, 0.6) is 0 Å². The highest BCUT2D eigenvalue weighted by molar-refractivity contribution is 5.85. The van der Waals surface area contributed by atoms with Crippen molar-refractivity contribution in [3.63, 3.8) is 0 Å². The zero-order valence-electron chi connectivity index (χ0n) is 9.70. The van der Waals surface area contributed by atoms with E-state index in [4.69, 9.17) is 5.26 Å². The number of rotatable bonds is 2. The second-order valence-electron chi connectivity index (χ2n) is 4.81. The molecule has 16 heavy (non-hydrogen) atoms. The number of nitriles is 1. The van der Waals surface area contributed by atoms with Crippen LogP contribution in [0, 0.1) is 16.7 Å². The van der Waals surface area contributed by atoms with Crippen molar-refractivity contribution in [3.8, 4) is 6.07 Å². The van der Waals surface area contributed by atoms with E-state index in [2.05, 4.69) is 36.4 Å². The van der Waals surface area contributed by atoms with E-state index in [9.17, 15) is 0 Å². The quantitative estimate of drug-likeness (QED) is 0.735. The second kappa shape index (κ2) is 3.98. The molecule has 1 nitrogen and oxygen atoms in total. The van der Waals surface area contributed by atoms with Gasteiger partial charge in [0, 0.05) is 0 Å². The molecule has 80 valence electrons. The summed E-state index contributed by atoms with van der Waals surface area (Å²) >= 11 is 0. The standard InChI is InChI=1S/C15H15N/c1-15(2,11-16)10-13-8-5-7-12-6-3-4-9-14(12)13/h3-9H,10H2,1-2H3. The van der Waals surface area contributed by atoms with Crippen LogP contribution >= 0.6 is 0 Å².